The van der Waals surface area contributed by atoms with Crippen LogP contribution in [0.25, 0.3) is 0 Å². The number of Topliss-reactive ketones (excluding diaryl/α,β-unsaturated/α-hetero) is 1. The Labute approximate surface area is 88.0 Å². The third kappa shape index (κ3) is 1.98. The first kappa shape index (κ1) is 11.2. The zero-order valence-electron chi connectivity index (χ0n) is 8.96. The fourth-order valence-corrected chi connectivity index (χ4v) is 1.52. The van der Waals surface area contributed by atoms with Crippen LogP contribution in [0.4, 0.5) is 0 Å². The minimum Gasteiger partial charge on any atom is -0.496 e. The van der Waals surface area contributed by atoms with Crippen LogP contribution in [0.15, 0.2) is 12.1 Å². The number of hydrogen-bond acceptors (Lipinski definition) is 3. The van der Waals surface area contributed by atoms with Crippen LogP contribution in [0, 0.1) is 6.92 Å². The first-order valence-electron chi connectivity index (χ1n) is 4.47. The lowest BCUT2D eigenvalue weighted by Crippen LogP contribution is -2.17. The molecule has 0 bridgehead atoms. The second-order valence-electron chi connectivity index (χ2n) is 3.24. The SMILES string of the molecule is COc1ccc(C(C)=O)c(C(N)=O)c1C. The van der Waals surface area contributed by atoms with Crippen LogP contribution in [0.1, 0.15) is 33.2 Å². The van der Waals surface area contributed by atoms with Gasteiger partial charge in [0.15, 0.2) is 5.78 Å². The smallest absolute Gasteiger partial charge is 0.249 e. The molecule has 0 unspecified atom stereocenters. The number of carbonyl (C=O) groups is 2. The van der Waals surface area contributed by atoms with E-state index in [1.165, 1.54) is 14.0 Å². The Morgan fingerprint density at radius 2 is 1.93 bits per heavy atom. The minimum atomic E-state index is -0.614. The summed E-state index contributed by atoms with van der Waals surface area (Å²) in [5.74, 6) is -0.250. The van der Waals surface area contributed by atoms with Crippen LogP contribution in [0.5, 0.6) is 5.75 Å². The predicted octanol–water partition coefficient (Wildman–Crippen LogP) is 1.31. The van der Waals surface area contributed by atoms with E-state index in [4.69, 9.17) is 10.5 Å². The third-order valence-corrected chi connectivity index (χ3v) is 2.26. The Morgan fingerprint density at radius 3 is 2.33 bits per heavy atom. The molecule has 1 amide bonds. The fraction of sp³-hybridized carbons (Fsp3) is 0.273. The van der Waals surface area contributed by atoms with Crippen LogP contribution >= 0.6 is 0 Å². The molecule has 0 aliphatic carbocycles. The number of methoxy groups -OCH3 is 1. The van der Waals surface area contributed by atoms with Gasteiger partial charge in [0.25, 0.3) is 0 Å². The van der Waals surface area contributed by atoms with Crippen molar-refractivity contribution in [3.63, 3.8) is 0 Å². The summed E-state index contributed by atoms with van der Waals surface area (Å²) in [7, 11) is 1.50. The van der Waals surface area contributed by atoms with Crippen molar-refractivity contribution in [3.8, 4) is 5.75 Å². The Morgan fingerprint density at radius 1 is 1.33 bits per heavy atom. The molecular formula is C11H13NO3. The van der Waals surface area contributed by atoms with Gasteiger partial charge in [-0.1, -0.05) is 0 Å². The van der Waals surface area contributed by atoms with Crippen LogP contribution in [0.3, 0.4) is 0 Å². The normalized spacial score (nSPS) is 9.80. The van der Waals surface area contributed by atoms with E-state index >= 15 is 0 Å². The monoisotopic (exact) mass is 207 g/mol. The van der Waals surface area contributed by atoms with Gasteiger partial charge in [0.2, 0.25) is 5.91 Å². The largest absolute Gasteiger partial charge is 0.496 e. The Balaban J connectivity index is 3.51. The fourth-order valence-electron chi connectivity index (χ4n) is 1.52. The van der Waals surface area contributed by atoms with Gasteiger partial charge in [-0.15, -0.1) is 0 Å². The number of benzene rings is 1. The first-order valence-corrected chi connectivity index (χ1v) is 4.47. The highest BCUT2D eigenvalue weighted by Gasteiger charge is 2.17. The van der Waals surface area contributed by atoms with Crippen molar-refractivity contribution in [3.05, 3.63) is 28.8 Å². The van der Waals surface area contributed by atoms with Crippen molar-refractivity contribution in [2.75, 3.05) is 7.11 Å². The predicted molar refractivity (Wildman–Crippen MR) is 56.3 cm³/mol. The van der Waals surface area contributed by atoms with Gasteiger partial charge < -0.3 is 10.5 Å². The van der Waals surface area contributed by atoms with Crippen molar-refractivity contribution in [2.24, 2.45) is 5.73 Å². The second-order valence-corrected chi connectivity index (χ2v) is 3.24. The van der Waals surface area contributed by atoms with E-state index in [1.54, 1.807) is 19.1 Å². The molecule has 0 saturated heterocycles. The molecule has 0 atom stereocenters. The number of amides is 1. The summed E-state index contributed by atoms with van der Waals surface area (Å²) >= 11 is 0. The number of hydrogen-bond donors (Lipinski definition) is 1. The van der Waals surface area contributed by atoms with Gasteiger partial charge in [0.1, 0.15) is 5.75 Å². The van der Waals surface area contributed by atoms with Crippen molar-refractivity contribution >= 4 is 11.7 Å². The summed E-state index contributed by atoms with van der Waals surface area (Å²) in [6, 6.07) is 3.20. The van der Waals surface area contributed by atoms with Gasteiger partial charge in [0.05, 0.1) is 12.7 Å². The van der Waals surface area contributed by atoms with Crippen molar-refractivity contribution < 1.29 is 14.3 Å². The number of ether oxygens (including phenoxy) is 1. The van der Waals surface area contributed by atoms with E-state index in [9.17, 15) is 9.59 Å². The van der Waals surface area contributed by atoms with Gasteiger partial charge in [0, 0.05) is 11.1 Å². The standard InChI is InChI=1S/C11H13NO3/c1-6-9(15-3)5-4-8(7(2)13)10(6)11(12)14/h4-5H,1-3H3,(H2,12,14). The summed E-state index contributed by atoms with van der Waals surface area (Å²) < 4.78 is 5.05. The highest BCUT2D eigenvalue weighted by atomic mass is 16.5. The van der Waals surface area contributed by atoms with E-state index in [2.05, 4.69) is 0 Å². The maximum Gasteiger partial charge on any atom is 0.249 e. The lowest BCUT2D eigenvalue weighted by Gasteiger charge is -2.11. The highest BCUT2D eigenvalue weighted by Crippen LogP contribution is 2.24. The third-order valence-electron chi connectivity index (χ3n) is 2.26. The van der Waals surface area contributed by atoms with Crippen LogP contribution in [0.2, 0.25) is 0 Å². The molecule has 80 valence electrons. The van der Waals surface area contributed by atoms with Gasteiger partial charge in [-0.2, -0.15) is 0 Å². The highest BCUT2D eigenvalue weighted by molar-refractivity contribution is 6.08. The molecular weight excluding hydrogens is 194 g/mol. The molecule has 0 heterocycles. The number of primary amides is 1. The van der Waals surface area contributed by atoms with E-state index in [0.29, 0.717) is 16.9 Å². The van der Waals surface area contributed by atoms with E-state index in [0.717, 1.165) is 0 Å². The number of nitrogens with two attached hydrogens (primary N) is 1. The van der Waals surface area contributed by atoms with Gasteiger partial charge >= 0.3 is 0 Å². The Bertz CT molecular complexity index is 424. The number of rotatable bonds is 3. The zero-order chi connectivity index (χ0) is 11.6. The number of carbonyl (C=O) groups excluding carboxylic acids is 2. The molecule has 1 rings (SSSR count). The lowest BCUT2D eigenvalue weighted by molar-refractivity contribution is 0.0972. The van der Waals surface area contributed by atoms with Gasteiger partial charge in [-0.3, -0.25) is 9.59 Å². The quantitative estimate of drug-likeness (QED) is 0.759. The molecule has 0 aliphatic rings. The molecule has 0 spiro atoms. The molecule has 1 aromatic carbocycles. The second kappa shape index (κ2) is 4.13. The summed E-state index contributed by atoms with van der Waals surface area (Å²) in [6.07, 6.45) is 0. The number of ketones is 1. The van der Waals surface area contributed by atoms with E-state index in [1.807, 2.05) is 0 Å². The maximum atomic E-state index is 11.3. The van der Waals surface area contributed by atoms with Gasteiger partial charge in [-0.05, 0) is 26.0 Å². The minimum absolute atomic E-state index is 0.186. The average Bonchev–Trinajstić information content (AvgIpc) is 2.16. The molecule has 1 aromatic rings. The molecule has 4 nitrogen and oxygen atoms in total. The molecule has 0 saturated carbocycles. The van der Waals surface area contributed by atoms with Crippen molar-refractivity contribution in [2.45, 2.75) is 13.8 Å². The van der Waals surface area contributed by atoms with Crippen LogP contribution < -0.4 is 10.5 Å². The Hall–Kier alpha value is -1.84. The zero-order valence-corrected chi connectivity index (χ0v) is 8.96. The van der Waals surface area contributed by atoms with E-state index in [-0.39, 0.29) is 11.3 Å². The molecule has 0 aromatic heterocycles. The van der Waals surface area contributed by atoms with Crippen LogP contribution in [-0.2, 0) is 0 Å². The Kier molecular flexibility index (Phi) is 3.09. The summed E-state index contributed by atoms with van der Waals surface area (Å²) in [5.41, 5.74) is 6.40. The maximum absolute atomic E-state index is 11.3. The summed E-state index contributed by atoms with van der Waals surface area (Å²) in [4.78, 5) is 22.5. The molecule has 0 aliphatic heterocycles. The van der Waals surface area contributed by atoms with E-state index < -0.39 is 5.91 Å². The lowest BCUT2D eigenvalue weighted by atomic mass is 9.98. The first-order chi connectivity index (χ1) is 6.99. The van der Waals surface area contributed by atoms with Crippen LogP contribution in [-0.4, -0.2) is 18.8 Å². The molecule has 4 heteroatoms. The summed E-state index contributed by atoms with van der Waals surface area (Å²) in [5, 5.41) is 0. The molecule has 2 N–H and O–H groups in total. The summed E-state index contributed by atoms with van der Waals surface area (Å²) in [6.45, 7) is 3.10. The molecule has 0 fully saturated rings. The molecule has 15 heavy (non-hydrogen) atoms. The van der Waals surface area contributed by atoms with Crippen molar-refractivity contribution in [1.82, 2.24) is 0 Å². The topological polar surface area (TPSA) is 69.4 Å². The van der Waals surface area contributed by atoms with Crippen molar-refractivity contribution in [1.29, 1.82) is 0 Å². The molecule has 0 radical (unpaired) electrons. The van der Waals surface area contributed by atoms with Gasteiger partial charge in [-0.25, -0.2) is 0 Å². The average molecular weight is 207 g/mol.